The van der Waals surface area contributed by atoms with Crippen LogP contribution in [-0.2, 0) is 5.33 Å². The second kappa shape index (κ2) is 6.96. The van der Waals surface area contributed by atoms with Crippen LogP contribution in [0.2, 0.25) is 10.0 Å². The Bertz CT molecular complexity index is 687. The number of hydrogen-bond donors (Lipinski definition) is 0. The lowest BCUT2D eigenvalue weighted by Gasteiger charge is -2.11. The molecule has 110 valence electrons. The van der Waals surface area contributed by atoms with Crippen molar-refractivity contribution in [1.29, 1.82) is 0 Å². The number of halogens is 4. The number of hydrogen-bond acceptors (Lipinski definition) is 3. The van der Waals surface area contributed by atoms with Gasteiger partial charge in [-0.2, -0.15) is 0 Å². The van der Waals surface area contributed by atoms with Gasteiger partial charge in [-0.05, 0) is 17.7 Å². The fourth-order valence-corrected chi connectivity index (χ4v) is 3.48. The standard InChI is InChI=1S/C13H7Br2Cl2NO3/c14-6-7-1-2-9(5-10(7)15)21-13-11(16)3-8(18(19)20)4-12(13)17/h1-5H,6H2. The monoisotopic (exact) mass is 453 g/mol. The van der Waals surface area contributed by atoms with E-state index >= 15 is 0 Å². The van der Waals surface area contributed by atoms with Crippen LogP contribution < -0.4 is 4.74 Å². The SMILES string of the molecule is O=[N+]([O-])c1cc(Cl)c(Oc2ccc(CBr)c(Br)c2)c(Cl)c1. The van der Waals surface area contributed by atoms with Crippen molar-refractivity contribution in [2.75, 3.05) is 0 Å². The first kappa shape index (κ1) is 16.5. The molecule has 0 fully saturated rings. The van der Waals surface area contributed by atoms with Crippen molar-refractivity contribution in [3.05, 3.63) is 60.5 Å². The first-order chi connectivity index (χ1) is 9.92. The first-order valence-corrected chi connectivity index (χ1v) is 8.25. The third-order valence-electron chi connectivity index (χ3n) is 2.58. The van der Waals surface area contributed by atoms with Crippen LogP contribution in [0.5, 0.6) is 11.5 Å². The fourth-order valence-electron chi connectivity index (χ4n) is 1.57. The van der Waals surface area contributed by atoms with E-state index in [0.717, 1.165) is 10.0 Å². The molecule has 0 aliphatic heterocycles. The molecule has 0 atom stereocenters. The third-order valence-corrected chi connectivity index (χ3v) is 4.49. The molecule has 0 amide bonds. The van der Waals surface area contributed by atoms with Gasteiger partial charge in [0.2, 0.25) is 0 Å². The van der Waals surface area contributed by atoms with Gasteiger partial charge in [-0.3, -0.25) is 10.1 Å². The Labute approximate surface area is 147 Å². The van der Waals surface area contributed by atoms with Gasteiger partial charge in [0.1, 0.15) is 5.75 Å². The summed E-state index contributed by atoms with van der Waals surface area (Å²) < 4.78 is 6.49. The van der Waals surface area contributed by atoms with Crippen molar-refractivity contribution >= 4 is 60.7 Å². The van der Waals surface area contributed by atoms with Gasteiger partial charge in [0, 0.05) is 21.9 Å². The van der Waals surface area contributed by atoms with E-state index in [1.54, 1.807) is 12.1 Å². The summed E-state index contributed by atoms with van der Waals surface area (Å²) in [6.07, 6.45) is 0. The van der Waals surface area contributed by atoms with E-state index in [4.69, 9.17) is 27.9 Å². The first-order valence-electron chi connectivity index (χ1n) is 5.58. The Morgan fingerprint density at radius 3 is 2.29 bits per heavy atom. The van der Waals surface area contributed by atoms with E-state index in [1.807, 2.05) is 6.07 Å². The second-order valence-corrected chi connectivity index (χ2v) is 6.21. The zero-order valence-electron chi connectivity index (χ0n) is 10.3. The number of nitrogens with zero attached hydrogens (tertiary/aromatic N) is 1. The molecule has 0 heterocycles. The van der Waals surface area contributed by atoms with Crippen molar-refractivity contribution in [2.45, 2.75) is 5.33 Å². The molecule has 0 aliphatic carbocycles. The van der Waals surface area contributed by atoms with Gasteiger partial charge in [0.25, 0.3) is 5.69 Å². The zero-order valence-corrected chi connectivity index (χ0v) is 15.0. The molecular formula is C13H7Br2Cl2NO3. The number of benzene rings is 2. The van der Waals surface area contributed by atoms with Gasteiger partial charge in [0.05, 0.1) is 15.0 Å². The summed E-state index contributed by atoms with van der Waals surface area (Å²) in [5.41, 5.74) is 0.872. The molecular weight excluding hydrogens is 449 g/mol. The topological polar surface area (TPSA) is 52.4 Å². The lowest BCUT2D eigenvalue weighted by Crippen LogP contribution is -1.92. The number of rotatable bonds is 4. The predicted molar refractivity (Wildman–Crippen MR) is 90.0 cm³/mol. The van der Waals surface area contributed by atoms with Crippen molar-refractivity contribution in [1.82, 2.24) is 0 Å². The van der Waals surface area contributed by atoms with Gasteiger partial charge in [0.15, 0.2) is 5.75 Å². The quantitative estimate of drug-likeness (QED) is 0.306. The molecule has 2 rings (SSSR count). The molecule has 0 radical (unpaired) electrons. The van der Waals surface area contributed by atoms with Crippen LogP contribution in [0.25, 0.3) is 0 Å². The van der Waals surface area contributed by atoms with Gasteiger partial charge >= 0.3 is 0 Å². The maximum atomic E-state index is 10.7. The van der Waals surface area contributed by atoms with E-state index in [-0.39, 0.29) is 21.5 Å². The number of nitro benzene ring substituents is 1. The maximum Gasteiger partial charge on any atom is 0.272 e. The van der Waals surface area contributed by atoms with Crippen LogP contribution in [-0.4, -0.2) is 4.92 Å². The van der Waals surface area contributed by atoms with Crippen molar-refractivity contribution in [3.8, 4) is 11.5 Å². The molecule has 0 bridgehead atoms. The second-order valence-electron chi connectivity index (χ2n) is 3.98. The summed E-state index contributed by atoms with van der Waals surface area (Å²) in [5.74, 6) is 0.701. The van der Waals surface area contributed by atoms with E-state index < -0.39 is 4.92 Å². The number of ether oxygens (including phenoxy) is 1. The Hall–Kier alpha value is -0.820. The van der Waals surface area contributed by atoms with Gasteiger partial charge in [-0.1, -0.05) is 61.1 Å². The highest BCUT2D eigenvalue weighted by molar-refractivity contribution is 9.10. The number of nitro groups is 1. The highest BCUT2D eigenvalue weighted by atomic mass is 79.9. The molecule has 8 heteroatoms. The highest BCUT2D eigenvalue weighted by Gasteiger charge is 2.16. The normalized spacial score (nSPS) is 10.5. The molecule has 0 saturated carbocycles. The summed E-state index contributed by atoms with van der Waals surface area (Å²) in [7, 11) is 0. The summed E-state index contributed by atoms with van der Waals surface area (Å²) >= 11 is 18.8. The minimum absolute atomic E-state index is 0.0786. The molecule has 0 aliphatic rings. The zero-order chi connectivity index (χ0) is 15.6. The molecule has 0 aromatic heterocycles. The fraction of sp³-hybridized carbons (Fsp3) is 0.0769. The summed E-state index contributed by atoms with van der Waals surface area (Å²) in [6.45, 7) is 0. The van der Waals surface area contributed by atoms with Crippen LogP contribution in [0.1, 0.15) is 5.56 Å². The molecule has 0 N–H and O–H groups in total. The number of non-ortho nitro benzene ring substituents is 1. The lowest BCUT2D eigenvalue weighted by molar-refractivity contribution is -0.384. The number of alkyl halides is 1. The molecule has 2 aromatic rings. The van der Waals surface area contributed by atoms with E-state index in [1.165, 1.54) is 12.1 Å². The smallest absolute Gasteiger partial charge is 0.272 e. The summed E-state index contributed by atoms with van der Waals surface area (Å²) in [5, 5.41) is 11.6. The average molecular weight is 456 g/mol. The van der Waals surface area contributed by atoms with E-state index in [9.17, 15) is 10.1 Å². The molecule has 21 heavy (non-hydrogen) atoms. The molecule has 0 saturated heterocycles. The van der Waals surface area contributed by atoms with Crippen LogP contribution in [0.15, 0.2) is 34.8 Å². The summed E-state index contributed by atoms with van der Waals surface area (Å²) in [6, 6.07) is 7.80. The largest absolute Gasteiger partial charge is 0.454 e. The van der Waals surface area contributed by atoms with Crippen LogP contribution in [0.4, 0.5) is 5.69 Å². The molecule has 4 nitrogen and oxygen atoms in total. The lowest BCUT2D eigenvalue weighted by atomic mass is 10.2. The molecule has 0 spiro atoms. The Morgan fingerprint density at radius 1 is 1.19 bits per heavy atom. The predicted octanol–water partition coefficient (Wildman–Crippen LogP) is 6.35. The Kier molecular flexibility index (Phi) is 5.48. The molecule has 2 aromatic carbocycles. The van der Waals surface area contributed by atoms with Crippen molar-refractivity contribution in [3.63, 3.8) is 0 Å². The van der Waals surface area contributed by atoms with Crippen LogP contribution in [0, 0.1) is 10.1 Å². The summed E-state index contributed by atoms with van der Waals surface area (Å²) in [4.78, 5) is 10.2. The minimum Gasteiger partial charge on any atom is -0.454 e. The van der Waals surface area contributed by atoms with Gasteiger partial charge in [-0.15, -0.1) is 0 Å². The highest BCUT2D eigenvalue weighted by Crippen LogP contribution is 2.40. The van der Waals surface area contributed by atoms with Crippen LogP contribution >= 0.6 is 55.1 Å². The third kappa shape index (κ3) is 3.88. The minimum atomic E-state index is -0.567. The Morgan fingerprint density at radius 2 is 1.81 bits per heavy atom. The van der Waals surface area contributed by atoms with Crippen molar-refractivity contribution in [2.24, 2.45) is 0 Å². The van der Waals surface area contributed by atoms with Gasteiger partial charge < -0.3 is 4.74 Å². The van der Waals surface area contributed by atoms with Gasteiger partial charge in [-0.25, -0.2) is 0 Å². The molecule has 0 unspecified atom stereocenters. The van der Waals surface area contributed by atoms with E-state index in [0.29, 0.717) is 11.1 Å². The average Bonchev–Trinajstić information content (AvgIpc) is 2.42. The maximum absolute atomic E-state index is 10.7. The van der Waals surface area contributed by atoms with Crippen LogP contribution in [0.3, 0.4) is 0 Å². The van der Waals surface area contributed by atoms with Crippen molar-refractivity contribution < 1.29 is 9.66 Å². The Balaban J connectivity index is 2.35. The van der Waals surface area contributed by atoms with E-state index in [2.05, 4.69) is 31.9 Å².